The molecule has 1 aromatic carbocycles. The maximum Gasteiger partial charge on any atom is 0.260 e. The van der Waals surface area contributed by atoms with Crippen LogP contribution in [-0.2, 0) is 6.54 Å². The van der Waals surface area contributed by atoms with Gasteiger partial charge in [0.05, 0.1) is 11.9 Å². The highest BCUT2D eigenvalue weighted by atomic mass is 35.5. The van der Waals surface area contributed by atoms with Crippen LogP contribution in [0.2, 0.25) is 5.02 Å². The number of aromatic amines is 1. The summed E-state index contributed by atoms with van der Waals surface area (Å²) in [4.78, 5) is 21.0. The summed E-state index contributed by atoms with van der Waals surface area (Å²) in [5.74, 6) is 0.715. The molecule has 2 aromatic heterocycles. The average molecular weight is 374 g/mol. The van der Waals surface area contributed by atoms with Gasteiger partial charge in [0.2, 0.25) is 0 Å². The van der Waals surface area contributed by atoms with E-state index in [-0.39, 0.29) is 5.56 Å². The molecule has 2 heterocycles. The monoisotopic (exact) mass is 373 g/mol. The van der Waals surface area contributed by atoms with E-state index in [9.17, 15) is 4.79 Å². The van der Waals surface area contributed by atoms with Crippen LogP contribution in [0.15, 0.2) is 34.4 Å². The second-order valence-corrected chi connectivity index (χ2v) is 7.86. The van der Waals surface area contributed by atoms with Crippen LogP contribution in [0.5, 0.6) is 0 Å². The van der Waals surface area contributed by atoms with Crippen molar-refractivity contribution in [2.45, 2.75) is 44.7 Å². The number of H-pyrrole nitrogens is 1. The molecule has 0 radical (unpaired) electrons. The van der Waals surface area contributed by atoms with Crippen molar-refractivity contribution in [1.29, 1.82) is 0 Å². The summed E-state index contributed by atoms with van der Waals surface area (Å²) in [6.07, 6.45) is 6.34. The number of hydrogen-bond donors (Lipinski definition) is 2. The minimum absolute atomic E-state index is 0.0726. The number of aromatic nitrogens is 2. The van der Waals surface area contributed by atoms with E-state index in [0.29, 0.717) is 28.8 Å². The van der Waals surface area contributed by atoms with Gasteiger partial charge < -0.3 is 10.3 Å². The molecule has 0 amide bonds. The topological polar surface area (TPSA) is 57.8 Å². The van der Waals surface area contributed by atoms with Crippen LogP contribution in [0.1, 0.15) is 37.9 Å². The summed E-state index contributed by atoms with van der Waals surface area (Å²) >= 11 is 7.47. The van der Waals surface area contributed by atoms with E-state index in [0.717, 1.165) is 16.0 Å². The van der Waals surface area contributed by atoms with E-state index in [1.54, 1.807) is 0 Å². The predicted octanol–water partition coefficient (Wildman–Crippen LogP) is 4.73. The van der Waals surface area contributed by atoms with Gasteiger partial charge in [0.1, 0.15) is 10.7 Å². The zero-order valence-electron chi connectivity index (χ0n) is 13.8. The first-order valence-electron chi connectivity index (χ1n) is 8.70. The molecule has 1 aliphatic carbocycles. The Hall–Kier alpha value is -1.69. The van der Waals surface area contributed by atoms with Gasteiger partial charge in [-0.1, -0.05) is 43.0 Å². The van der Waals surface area contributed by atoms with Crippen LogP contribution in [0.3, 0.4) is 0 Å². The molecule has 3 aromatic rings. The summed E-state index contributed by atoms with van der Waals surface area (Å²) in [5.41, 5.74) is 1.82. The number of rotatable bonds is 4. The lowest BCUT2D eigenvalue weighted by atomic mass is 9.95. The lowest BCUT2D eigenvalue weighted by Crippen LogP contribution is -2.31. The largest absolute Gasteiger partial charge is 0.309 e. The van der Waals surface area contributed by atoms with Crippen LogP contribution >= 0.6 is 22.9 Å². The van der Waals surface area contributed by atoms with Crippen LogP contribution in [0.4, 0.5) is 0 Å². The Morgan fingerprint density at radius 2 is 1.96 bits per heavy atom. The van der Waals surface area contributed by atoms with Crippen molar-refractivity contribution in [1.82, 2.24) is 15.3 Å². The maximum atomic E-state index is 12.6. The fraction of sp³-hybridized carbons (Fsp3) is 0.368. The van der Waals surface area contributed by atoms with E-state index >= 15 is 0 Å². The lowest BCUT2D eigenvalue weighted by molar-refractivity contribution is 0.369. The standard InChI is InChI=1S/C19H20ClN3OS/c20-13-8-6-12(7-9-13)15-11-25-19-17(15)18(24)22-16(23-19)10-21-14-4-2-1-3-5-14/h6-9,11,14,21H,1-5,10H2,(H,22,23,24). The van der Waals surface area contributed by atoms with Crippen LogP contribution in [0, 0.1) is 0 Å². The molecule has 1 aliphatic rings. The first kappa shape index (κ1) is 16.8. The van der Waals surface area contributed by atoms with Gasteiger partial charge in [0.25, 0.3) is 5.56 Å². The minimum atomic E-state index is -0.0726. The number of nitrogens with zero attached hydrogens (tertiary/aromatic N) is 1. The molecule has 130 valence electrons. The quantitative estimate of drug-likeness (QED) is 0.695. The summed E-state index contributed by atoms with van der Waals surface area (Å²) in [7, 11) is 0. The fourth-order valence-electron chi connectivity index (χ4n) is 3.47. The maximum absolute atomic E-state index is 12.6. The van der Waals surface area contributed by atoms with Gasteiger partial charge in [-0.3, -0.25) is 4.79 Å². The van der Waals surface area contributed by atoms with Crippen LogP contribution in [0.25, 0.3) is 21.3 Å². The minimum Gasteiger partial charge on any atom is -0.309 e. The van der Waals surface area contributed by atoms with Gasteiger partial charge in [-0.2, -0.15) is 0 Å². The van der Waals surface area contributed by atoms with Crippen molar-refractivity contribution in [3.05, 3.63) is 50.8 Å². The Labute approximate surface area is 155 Å². The third kappa shape index (κ3) is 3.64. The molecule has 0 aliphatic heterocycles. The molecule has 2 N–H and O–H groups in total. The second kappa shape index (κ2) is 7.28. The molecule has 1 fully saturated rings. The molecule has 1 saturated carbocycles. The van der Waals surface area contributed by atoms with E-state index in [2.05, 4.69) is 15.3 Å². The van der Waals surface area contributed by atoms with Crippen molar-refractivity contribution in [3.8, 4) is 11.1 Å². The second-order valence-electron chi connectivity index (χ2n) is 6.56. The van der Waals surface area contributed by atoms with E-state index in [1.165, 1.54) is 43.4 Å². The van der Waals surface area contributed by atoms with Gasteiger partial charge in [0, 0.05) is 22.0 Å². The number of thiophene rings is 1. The van der Waals surface area contributed by atoms with Crippen molar-refractivity contribution in [2.24, 2.45) is 0 Å². The number of nitrogens with one attached hydrogen (secondary N) is 2. The summed E-state index contributed by atoms with van der Waals surface area (Å²) < 4.78 is 0. The molecule has 25 heavy (non-hydrogen) atoms. The van der Waals surface area contributed by atoms with Gasteiger partial charge in [0.15, 0.2) is 0 Å². The summed E-state index contributed by atoms with van der Waals surface area (Å²) in [5, 5.41) is 6.87. The summed E-state index contributed by atoms with van der Waals surface area (Å²) in [6, 6.07) is 8.08. The normalized spacial score (nSPS) is 15.7. The Morgan fingerprint density at radius 3 is 2.72 bits per heavy atom. The van der Waals surface area contributed by atoms with Crippen molar-refractivity contribution in [3.63, 3.8) is 0 Å². The molecule has 0 unspecified atom stereocenters. The third-order valence-electron chi connectivity index (χ3n) is 4.81. The summed E-state index contributed by atoms with van der Waals surface area (Å²) in [6.45, 7) is 0.615. The fourth-order valence-corrected chi connectivity index (χ4v) is 4.56. The first-order chi connectivity index (χ1) is 12.2. The van der Waals surface area contributed by atoms with Crippen LogP contribution in [-0.4, -0.2) is 16.0 Å². The zero-order valence-corrected chi connectivity index (χ0v) is 15.4. The van der Waals surface area contributed by atoms with Gasteiger partial charge in [-0.05, 0) is 30.5 Å². The molecule has 0 spiro atoms. The molecule has 0 atom stereocenters. The van der Waals surface area contributed by atoms with E-state index in [4.69, 9.17) is 11.6 Å². The molecule has 6 heteroatoms. The number of hydrogen-bond acceptors (Lipinski definition) is 4. The molecular weight excluding hydrogens is 354 g/mol. The third-order valence-corrected chi connectivity index (χ3v) is 5.94. The first-order valence-corrected chi connectivity index (χ1v) is 9.96. The Kier molecular flexibility index (Phi) is 4.88. The van der Waals surface area contributed by atoms with Crippen molar-refractivity contribution in [2.75, 3.05) is 0 Å². The van der Waals surface area contributed by atoms with Crippen LogP contribution < -0.4 is 10.9 Å². The van der Waals surface area contributed by atoms with Crippen molar-refractivity contribution < 1.29 is 0 Å². The van der Waals surface area contributed by atoms with E-state index in [1.807, 2.05) is 29.6 Å². The Bertz CT molecular complexity index is 926. The Morgan fingerprint density at radius 1 is 1.20 bits per heavy atom. The highest BCUT2D eigenvalue weighted by Crippen LogP contribution is 2.31. The molecule has 0 bridgehead atoms. The molecule has 0 saturated heterocycles. The number of benzene rings is 1. The average Bonchev–Trinajstić information content (AvgIpc) is 3.06. The number of fused-ring (bicyclic) bond motifs is 1. The smallest absolute Gasteiger partial charge is 0.260 e. The van der Waals surface area contributed by atoms with E-state index < -0.39 is 0 Å². The van der Waals surface area contributed by atoms with Gasteiger partial charge in [-0.15, -0.1) is 11.3 Å². The zero-order chi connectivity index (χ0) is 17.2. The van der Waals surface area contributed by atoms with Gasteiger partial charge in [-0.25, -0.2) is 4.98 Å². The highest BCUT2D eigenvalue weighted by Gasteiger charge is 2.15. The van der Waals surface area contributed by atoms with Gasteiger partial charge >= 0.3 is 0 Å². The SMILES string of the molecule is O=c1[nH]c(CNC2CCCCC2)nc2scc(-c3ccc(Cl)cc3)c12. The molecule has 4 nitrogen and oxygen atoms in total. The molecule has 4 rings (SSSR count). The Balaban J connectivity index is 1.60. The lowest BCUT2D eigenvalue weighted by Gasteiger charge is -2.22. The highest BCUT2D eigenvalue weighted by molar-refractivity contribution is 7.17. The predicted molar refractivity (Wildman–Crippen MR) is 104 cm³/mol. The van der Waals surface area contributed by atoms with Crippen molar-refractivity contribution >= 4 is 33.2 Å². The number of halogens is 1. The molecular formula is C19H20ClN3OS.